The van der Waals surface area contributed by atoms with E-state index in [1.165, 1.54) is 16.7 Å². The predicted molar refractivity (Wildman–Crippen MR) is 97.3 cm³/mol. The van der Waals surface area contributed by atoms with Crippen LogP contribution < -0.4 is 0 Å². The molecule has 0 aliphatic heterocycles. The average molecular weight is 283 g/mol. The van der Waals surface area contributed by atoms with Crippen LogP contribution >= 0.6 is 12.6 Å². The highest BCUT2D eigenvalue weighted by atomic mass is 32.1. The van der Waals surface area contributed by atoms with Gasteiger partial charge in [0.2, 0.25) is 0 Å². The molecule has 0 saturated carbocycles. The van der Waals surface area contributed by atoms with Gasteiger partial charge in [-0.25, -0.2) is 0 Å². The summed E-state index contributed by atoms with van der Waals surface area (Å²) < 4.78 is 0. The third-order valence-corrected chi connectivity index (χ3v) is 2.85. The van der Waals surface area contributed by atoms with E-state index in [0.29, 0.717) is 0 Å². The van der Waals surface area contributed by atoms with Crippen molar-refractivity contribution in [1.29, 1.82) is 0 Å². The molecule has 0 atom stereocenters. The predicted octanol–water partition coefficient (Wildman–Crippen LogP) is 6.77. The molecule has 1 heteroatoms. The van der Waals surface area contributed by atoms with Crippen LogP contribution in [0.3, 0.4) is 0 Å². The van der Waals surface area contributed by atoms with Crippen LogP contribution in [0.4, 0.5) is 0 Å². The van der Waals surface area contributed by atoms with Crippen molar-refractivity contribution in [1.82, 2.24) is 0 Å². The van der Waals surface area contributed by atoms with E-state index in [9.17, 15) is 0 Å². The van der Waals surface area contributed by atoms with Gasteiger partial charge in [-0.05, 0) is 30.9 Å². The highest BCUT2D eigenvalue weighted by Crippen LogP contribution is 2.21. The first-order valence-electron chi connectivity index (χ1n) is 7.49. The van der Waals surface area contributed by atoms with Crippen LogP contribution in [-0.4, -0.2) is 5.75 Å². The van der Waals surface area contributed by atoms with Crippen LogP contribution in [0.2, 0.25) is 0 Å². The molecule has 19 heavy (non-hydrogen) atoms. The summed E-state index contributed by atoms with van der Waals surface area (Å²) in [5.41, 5.74) is 4.23. The van der Waals surface area contributed by atoms with Gasteiger partial charge in [0.15, 0.2) is 0 Å². The summed E-state index contributed by atoms with van der Waals surface area (Å²) in [6.07, 6.45) is 10.1. The topological polar surface area (TPSA) is 0 Å². The summed E-state index contributed by atoms with van der Waals surface area (Å²) in [6.45, 7) is 18.2. The summed E-state index contributed by atoms with van der Waals surface area (Å²) in [6, 6.07) is 0. The molecule has 0 rings (SSSR count). The third kappa shape index (κ3) is 12.1. The Morgan fingerprint density at radius 3 is 1.84 bits per heavy atom. The zero-order valence-electron chi connectivity index (χ0n) is 14.1. The Balaban J connectivity index is -0.000000579. The minimum Gasteiger partial charge on any atom is -0.175 e. The normalized spacial score (nSPS) is 11.9. The molecule has 0 bridgehead atoms. The van der Waals surface area contributed by atoms with Crippen molar-refractivity contribution >= 4 is 12.6 Å². The Kier molecular flexibility index (Phi) is 24.2. The summed E-state index contributed by atoms with van der Waals surface area (Å²) in [4.78, 5) is 0. The van der Waals surface area contributed by atoms with Gasteiger partial charge in [-0.1, -0.05) is 78.0 Å². The molecule has 0 aromatic rings. The van der Waals surface area contributed by atoms with Crippen molar-refractivity contribution in [3.05, 3.63) is 47.6 Å². The van der Waals surface area contributed by atoms with Gasteiger partial charge in [-0.3, -0.25) is 0 Å². The second-order valence-corrected chi connectivity index (χ2v) is 3.73. The Hall–Kier alpha value is -0.690. The summed E-state index contributed by atoms with van der Waals surface area (Å²) in [7, 11) is 0. The molecule has 0 heterocycles. The van der Waals surface area contributed by atoms with Crippen molar-refractivity contribution in [3.8, 4) is 0 Å². The first-order chi connectivity index (χ1) is 9.21. The molecular weight excluding hydrogens is 248 g/mol. The van der Waals surface area contributed by atoms with Crippen LogP contribution in [0.25, 0.3) is 0 Å². The quantitative estimate of drug-likeness (QED) is 0.403. The number of allylic oxidation sites excluding steroid dienone is 6. The van der Waals surface area contributed by atoms with Crippen LogP contribution in [0.1, 0.15) is 61.3 Å². The monoisotopic (exact) mass is 282 g/mol. The summed E-state index contributed by atoms with van der Waals surface area (Å²) in [5.74, 6) is 0.857. The Labute approximate surface area is 127 Å². The minimum absolute atomic E-state index is 0.857. The van der Waals surface area contributed by atoms with Crippen LogP contribution in [0.5, 0.6) is 0 Å². The van der Waals surface area contributed by atoms with Crippen LogP contribution in [-0.2, 0) is 0 Å². The lowest BCUT2D eigenvalue weighted by molar-refractivity contribution is 0.998. The molecule has 0 saturated heterocycles. The van der Waals surface area contributed by atoms with Gasteiger partial charge in [-0.15, -0.1) is 0 Å². The van der Waals surface area contributed by atoms with Crippen molar-refractivity contribution in [2.75, 3.05) is 5.75 Å². The molecule has 0 amide bonds. The van der Waals surface area contributed by atoms with Gasteiger partial charge in [-0.2, -0.15) is 12.6 Å². The molecular formula is C18H34S. The largest absolute Gasteiger partial charge is 0.175 e. The van der Waals surface area contributed by atoms with Crippen LogP contribution in [0.15, 0.2) is 47.6 Å². The van der Waals surface area contributed by atoms with Crippen molar-refractivity contribution in [3.63, 3.8) is 0 Å². The highest BCUT2D eigenvalue weighted by Gasteiger charge is 2.03. The first-order valence-corrected chi connectivity index (χ1v) is 8.12. The van der Waals surface area contributed by atoms with E-state index in [2.05, 4.69) is 46.1 Å². The second-order valence-electron chi connectivity index (χ2n) is 3.42. The van der Waals surface area contributed by atoms with Gasteiger partial charge in [0.25, 0.3) is 0 Å². The molecule has 0 nitrogen and oxygen atoms in total. The molecule has 0 aliphatic rings. The molecule has 0 aromatic carbocycles. The fourth-order valence-corrected chi connectivity index (χ4v) is 2.02. The number of thiol groups is 1. The molecule has 112 valence electrons. The third-order valence-electron chi connectivity index (χ3n) is 2.47. The lowest BCUT2D eigenvalue weighted by atomic mass is 9.97. The van der Waals surface area contributed by atoms with E-state index < -0.39 is 0 Å². The first kappa shape index (κ1) is 23.4. The van der Waals surface area contributed by atoms with E-state index in [4.69, 9.17) is 0 Å². The molecule has 0 fully saturated rings. The standard InChI is InChI=1S/C14H22S.2C2H6/c1-5-8-9-10-12(4)14(7-3)13(6-2)11-15;2*1-2/h5,8-10,15H,1,6-7,11H2,2-4H3;2*1-2H3/b9-8-,12-10+,14-13-;;. The van der Waals surface area contributed by atoms with Gasteiger partial charge >= 0.3 is 0 Å². The van der Waals surface area contributed by atoms with E-state index in [1.54, 1.807) is 6.08 Å². The number of rotatable bonds is 6. The maximum absolute atomic E-state index is 4.37. The maximum atomic E-state index is 4.37. The lowest BCUT2D eigenvalue weighted by Crippen LogP contribution is -1.94. The smallest absolute Gasteiger partial charge is 0.0118 e. The molecule has 0 spiro atoms. The van der Waals surface area contributed by atoms with Gasteiger partial charge in [0.05, 0.1) is 0 Å². The molecule has 0 aliphatic carbocycles. The fraction of sp³-hybridized carbons (Fsp3) is 0.556. The Bertz CT molecular complexity index is 274. The summed E-state index contributed by atoms with van der Waals surface area (Å²) in [5, 5.41) is 0. The van der Waals surface area contributed by atoms with Crippen molar-refractivity contribution in [2.45, 2.75) is 61.3 Å². The minimum atomic E-state index is 0.857. The van der Waals surface area contributed by atoms with Gasteiger partial charge in [0.1, 0.15) is 0 Å². The van der Waals surface area contributed by atoms with E-state index in [0.717, 1.165) is 18.6 Å². The molecule has 0 N–H and O–H groups in total. The van der Waals surface area contributed by atoms with Gasteiger partial charge in [0, 0.05) is 5.75 Å². The van der Waals surface area contributed by atoms with E-state index in [-0.39, 0.29) is 0 Å². The van der Waals surface area contributed by atoms with E-state index >= 15 is 0 Å². The molecule has 0 aromatic heterocycles. The van der Waals surface area contributed by atoms with E-state index in [1.807, 2.05) is 39.8 Å². The van der Waals surface area contributed by atoms with Crippen molar-refractivity contribution in [2.24, 2.45) is 0 Å². The Morgan fingerprint density at radius 2 is 1.53 bits per heavy atom. The average Bonchev–Trinajstić information content (AvgIpc) is 2.48. The Morgan fingerprint density at radius 1 is 1.00 bits per heavy atom. The maximum Gasteiger partial charge on any atom is 0.0118 e. The molecule has 0 unspecified atom stereocenters. The fourth-order valence-electron chi connectivity index (χ4n) is 1.61. The van der Waals surface area contributed by atoms with Crippen LogP contribution in [0, 0.1) is 0 Å². The molecule has 0 radical (unpaired) electrons. The SMILES string of the molecule is C=C\C=C/C=C(C)/C(CC)=C(/CC)CS.CC.CC. The number of hydrogen-bond donors (Lipinski definition) is 1. The lowest BCUT2D eigenvalue weighted by Gasteiger charge is -2.11. The second kappa shape index (κ2) is 19.6. The summed E-state index contributed by atoms with van der Waals surface area (Å²) >= 11 is 4.37. The highest BCUT2D eigenvalue weighted by molar-refractivity contribution is 7.80. The van der Waals surface area contributed by atoms with Gasteiger partial charge < -0.3 is 0 Å². The zero-order valence-corrected chi connectivity index (χ0v) is 15.0. The van der Waals surface area contributed by atoms with Crippen molar-refractivity contribution < 1.29 is 0 Å². The number of hydrogen-bond acceptors (Lipinski definition) is 1. The zero-order chi connectivity index (χ0) is 15.7.